The van der Waals surface area contributed by atoms with Gasteiger partial charge < -0.3 is 25.3 Å². The minimum Gasteiger partial charge on any atom is -0.368 e. The molecule has 2 fully saturated rings. The molecule has 3 aromatic carbocycles. The van der Waals surface area contributed by atoms with Crippen molar-refractivity contribution in [2.24, 2.45) is 0 Å². The molecule has 0 aromatic heterocycles. The fourth-order valence-electron chi connectivity index (χ4n) is 5.54. The molecule has 8 nitrogen and oxygen atoms in total. The Labute approximate surface area is 248 Å². The van der Waals surface area contributed by atoms with E-state index >= 15 is 0 Å². The molecule has 2 aliphatic rings. The highest BCUT2D eigenvalue weighted by atomic mass is 16.2. The van der Waals surface area contributed by atoms with Crippen LogP contribution in [0.4, 0.5) is 11.4 Å². The summed E-state index contributed by atoms with van der Waals surface area (Å²) in [6.45, 7) is 11.9. The van der Waals surface area contributed by atoms with E-state index in [0.29, 0.717) is 55.1 Å². The Hall–Kier alpha value is -4.17. The Morgan fingerprint density at radius 3 is 2.02 bits per heavy atom. The van der Waals surface area contributed by atoms with Crippen LogP contribution in [0.1, 0.15) is 63.8 Å². The van der Waals surface area contributed by atoms with Crippen molar-refractivity contribution in [1.29, 1.82) is 0 Å². The number of carbonyl (C=O) groups is 3. The minimum absolute atomic E-state index is 0.0312. The lowest BCUT2D eigenvalue weighted by atomic mass is 9.86. The summed E-state index contributed by atoms with van der Waals surface area (Å²) < 4.78 is 0. The number of hydrogen-bond acceptors (Lipinski definition) is 5. The van der Waals surface area contributed by atoms with E-state index in [0.717, 1.165) is 31.7 Å². The van der Waals surface area contributed by atoms with Crippen LogP contribution in [0.3, 0.4) is 0 Å². The number of nitrogens with one attached hydrogen (secondary N) is 2. The number of anilines is 2. The van der Waals surface area contributed by atoms with Crippen LogP contribution in [0.2, 0.25) is 0 Å². The molecule has 0 radical (unpaired) electrons. The zero-order valence-electron chi connectivity index (χ0n) is 24.9. The van der Waals surface area contributed by atoms with Gasteiger partial charge in [-0.15, -0.1) is 0 Å². The number of carbonyl (C=O) groups excluding carboxylic acids is 3. The van der Waals surface area contributed by atoms with Crippen molar-refractivity contribution in [3.05, 3.63) is 95.1 Å². The molecule has 220 valence electrons. The number of nitrogens with zero attached hydrogens (tertiary/aromatic N) is 3. The maximum absolute atomic E-state index is 13.4. The molecule has 3 amide bonds. The van der Waals surface area contributed by atoms with Gasteiger partial charge in [0.15, 0.2) is 0 Å². The summed E-state index contributed by atoms with van der Waals surface area (Å²) in [4.78, 5) is 45.9. The molecule has 2 saturated heterocycles. The third-order valence-corrected chi connectivity index (χ3v) is 8.05. The van der Waals surface area contributed by atoms with Gasteiger partial charge in [0.1, 0.15) is 0 Å². The monoisotopic (exact) mass is 567 g/mol. The van der Waals surface area contributed by atoms with Gasteiger partial charge in [-0.25, -0.2) is 0 Å². The lowest BCUT2D eigenvalue weighted by molar-refractivity contribution is 0.0734. The molecule has 8 heteroatoms. The second kappa shape index (κ2) is 12.8. The van der Waals surface area contributed by atoms with E-state index in [-0.39, 0.29) is 23.1 Å². The van der Waals surface area contributed by atoms with E-state index in [1.807, 2.05) is 64.4 Å². The van der Waals surface area contributed by atoms with E-state index in [2.05, 4.69) is 36.3 Å². The van der Waals surface area contributed by atoms with E-state index in [1.54, 1.807) is 18.2 Å². The zero-order chi connectivity index (χ0) is 29.7. The topological polar surface area (TPSA) is 85.0 Å². The summed E-state index contributed by atoms with van der Waals surface area (Å²) in [6.07, 6.45) is 0.791. The van der Waals surface area contributed by atoms with Crippen molar-refractivity contribution in [3.63, 3.8) is 0 Å². The maximum atomic E-state index is 13.4. The first-order valence-corrected chi connectivity index (χ1v) is 14.9. The van der Waals surface area contributed by atoms with Crippen LogP contribution in [-0.4, -0.2) is 79.9 Å². The predicted octanol–water partition coefficient (Wildman–Crippen LogP) is 4.63. The van der Waals surface area contributed by atoms with Crippen LogP contribution in [0.25, 0.3) is 0 Å². The van der Waals surface area contributed by atoms with Crippen molar-refractivity contribution in [2.45, 2.75) is 32.6 Å². The average Bonchev–Trinajstić information content (AvgIpc) is 3.27. The predicted molar refractivity (Wildman–Crippen MR) is 167 cm³/mol. The summed E-state index contributed by atoms with van der Waals surface area (Å²) in [5.74, 6) is -0.232. The van der Waals surface area contributed by atoms with Crippen LogP contribution in [-0.2, 0) is 5.41 Å². The highest BCUT2D eigenvalue weighted by Gasteiger charge is 2.25. The van der Waals surface area contributed by atoms with Crippen molar-refractivity contribution in [3.8, 4) is 0 Å². The molecule has 0 spiro atoms. The second-order valence-corrected chi connectivity index (χ2v) is 12.1. The van der Waals surface area contributed by atoms with Crippen molar-refractivity contribution >= 4 is 29.1 Å². The van der Waals surface area contributed by atoms with Crippen molar-refractivity contribution in [1.82, 2.24) is 15.1 Å². The van der Waals surface area contributed by atoms with Gasteiger partial charge in [-0.05, 0) is 59.9 Å². The smallest absolute Gasteiger partial charge is 0.255 e. The molecule has 2 aliphatic heterocycles. The summed E-state index contributed by atoms with van der Waals surface area (Å²) >= 11 is 0. The van der Waals surface area contributed by atoms with Crippen LogP contribution in [0.5, 0.6) is 0 Å². The summed E-state index contributed by atoms with van der Waals surface area (Å²) in [7, 11) is 0. The molecule has 0 unspecified atom stereocenters. The normalized spacial score (nSPS) is 16.1. The third-order valence-electron chi connectivity index (χ3n) is 8.05. The Kier molecular flexibility index (Phi) is 8.92. The zero-order valence-corrected chi connectivity index (χ0v) is 24.9. The number of rotatable bonds is 5. The van der Waals surface area contributed by atoms with Gasteiger partial charge in [0.25, 0.3) is 17.7 Å². The lowest BCUT2D eigenvalue weighted by Crippen LogP contribution is -2.46. The highest BCUT2D eigenvalue weighted by molar-refractivity contribution is 6.07. The molecule has 2 N–H and O–H groups in total. The standard InChI is InChI=1S/C34H41N5O3/c1-34(2,3)28-13-10-26(11-14-28)32(41)38-19-7-18-37(22-23-38)30-15-12-27(33(42)39-20-16-35-17-21-39)24-29(30)36-31(40)25-8-5-4-6-9-25/h4-6,8-15,24,35H,7,16-23H2,1-3H3,(H,36,40). The fraction of sp³-hybridized carbons (Fsp3) is 0.382. The Balaban J connectivity index is 1.35. The van der Waals surface area contributed by atoms with Gasteiger partial charge in [-0.3, -0.25) is 14.4 Å². The molecule has 2 heterocycles. The van der Waals surface area contributed by atoms with Gasteiger partial charge in [-0.1, -0.05) is 51.1 Å². The first-order valence-electron chi connectivity index (χ1n) is 14.9. The lowest BCUT2D eigenvalue weighted by Gasteiger charge is -2.29. The summed E-state index contributed by atoms with van der Waals surface area (Å²) in [5.41, 5.74) is 4.47. The maximum Gasteiger partial charge on any atom is 0.255 e. The van der Waals surface area contributed by atoms with E-state index in [9.17, 15) is 14.4 Å². The van der Waals surface area contributed by atoms with Crippen molar-refractivity contribution < 1.29 is 14.4 Å². The van der Waals surface area contributed by atoms with Gasteiger partial charge in [0, 0.05) is 69.0 Å². The number of benzene rings is 3. The van der Waals surface area contributed by atoms with E-state index in [4.69, 9.17) is 0 Å². The number of piperazine rings is 1. The van der Waals surface area contributed by atoms with Gasteiger partial charge in [0.2, 0.25) is 0 Å². The molecule has 0 atom stereocenters. The van der Waals surface area contributed by atoms with Crippen molar-refractivity contribution in [2.75, 3.05) is 62.6 Å². The average molecular weight is 568 g/mol. The summed E-state index contributed by atoms with van der Waals surface area (Å²) in [6, 6.07) is 22.6. The molecule has 5 rings (SSSR count). The number of amides is 3. The largest absolute Gasteiger partial charge is 0.368 e. The highest BCUT2D eigenvalue weighted by Crippen LogP contribution is 2.30. The van der Waals surface area contributed by atoms with E-state index in [1.165, 1.54) is 5.56 Å². The molecule has 0 bridgehead atoms. The minimum atomic E-state index is -0.228. The Bertz CT molecular complexity index is 1410. The number of hydrogen-bond donors (Lipinski definition) is 2. The molecule has 42 heavy (non-hydrogen) atoms. The third kappa shape index (κ3) is 6.82. The molecule has 0 saturated carbocycles. The van der Waals surface area contributed by atoms with E-state index < -0.39 is 0 Å². The van der Waals surface area contributed by atoms with Gasteiger partial charge in [-0.2, -0.15) is 0 Å². The van der Waals surface area contributed by atoms with Crippen LogP contribution >= 0.6 is 0 Å². The first-order chi connectivity index (χ1) is 20.2. The first kappa shape index (κ1) is 29.3. The Morgan fingerprint density at radius 2 is 1.33 bits per heavy atom. The molecular formula is C34H41N5O3. The molecular weight excluding hydrogens is 526 g/mol. The molecule has 0 aliphatic carbocycles. The van der Waals surface area contributed by atoms with Gasteiger partial charge in [0.05, 0.1) is 11.4 Å². The quantitative estimate of drug-likeness (QED) is 0.470. The molecule has 3 aromatic rings. The van der Waals surface area contributed by atoms with Crippen LogP contribution in [0.15, 0.2) is 72.8 Å². The van der Waals surface area contributed by atoms with Crippen LogP contribution < -0.4 is 15.5 Å². The van der Waals surface area contributed by atoms with Crippen LogP contribution in [0, 0.1) is 0 Å². The Morgan fingerprint density at radius 1 is 0.690 bits per heavy atom. The second-order valence-electron chi connectivity index (χ2n) is 12.1. The summed E-state index contributed by atoms with van der Waals surface area (Å²) in [5, 5.41) is 6.36. The SMILES string of the molecule is CC(C)(C)c1ccc(C(=O)N2CCCN(c3ccc(C(=O)N4CCNCC4)cc3NC(=O)c3ccccc3)CC2)cc1. The fourth-order valence-corrected chi connectivity index (χ4v) is 5.54. The van der Waals surface area contributed by atoms with Gasteiger partial charge >= 0.3 is 0 Å².